The average molecular weight is 358 g/mol. The van der Waals surface area contributed by atoms with E-state index in [0.29, 0.717) is 22.8 Å². The molecule has 7 heteroatoms. The second-order valence-corrected chi connectivity index (χ2v) is 5.97. The van der Waals surface area contributed by atoms with Crippen molar-refractivity contribution in [1.29, 1.82) is 5.26 Å². The Bertz CT molecular complexity index is 975. The summed E-state index contributed by atoms with van der Waals surface area (Å²) in [5.41, 5.74) is 3.09. The van der Waals surface area contributed by atoms with Gasteiger partial charge in [-0.25, -0.2) is 9.97 Å². The fraction of sp³-hybridized carbons (Fsp3) is 0.100. The number of carbonyl (C=O) groups is 1. The summed E-state index contributed by atoms with van der Waals surface area (Å²) in [4.78, 5) is 22.7. The molecule has 134 valence electrons. The van der Waals surface area contributed by atoms with Crippen LogP contribution >= 0.6 is 0 Å². The molecular weight excluding hydrogens is 340 g/mol. The monoisotopic (exact) mass is 358 g/mol. The van der Waals surface area contributed by atoms with Crippen LogP contribution in [0, 0.1) is 11.3 Å². The molecule has 2 aromatic carbocycles. The van der Waals surface area contributed by atoms with Gasteiger partial charge in [0.1, 0.15) is 6.07 Å². The summed E-state index contributed by atoms with van der Waals surface area (Å²) in [6, 6.07) is 16.7. The molecule has 7 nitrogen and oxygen atoms in total. The summed E-state index contributed by atoms with van der Waals surface area (Å²) in [6.07, 6.45) is 2.88. The van der Waals surface area contributed by atoms with Crippen LogP contribution in [0.25, 0.3) is 0 Å². The van der Waals surface area contributed by atoms with Crippen molar-refractivity contribution in [2.45, 2.75) is 0 Å². The zero-order valence-corrected chi connectivity index (χ0v) is 15.0. The molecule has 3 aromatic rings. The molecule has 0 aliphatic rings. The van der Waals surface area contributed by atoms with Gasteiger partial charge in [0, 0.05) is 37.9 Å². The number of nitrogens with zero attached hydrogens (tertiary/aromatic N) is 4. The van der Waals surface area contributed by atoms with E-state index in [9.17, 15) is 4.79 Å². The SMILES string of the molecule is CN(C)c1ccc(Nc2ncc(C(=O)Nc3ccccc3C#N)cn2)cc1. The zero-order chi connectivity index (χ0) is 19.2. The number of benzene rings is 2. The van der Waals surface area contributed by atoms with E-state index in [1.54, 1.807) is 24.3 Å². The Morgan fingerprint density at radius 2 is 1.70 bits per heavy atom. The van der Waals surface area contributed by atoms with Gasteiger partial charge < -0.3 is 15.5 Å². The van der Waals surface area contributed by atoms with Gasteiger partial charge in [-0.1, -0.05) is 12.1 Å². The maximum Gasteiger partial charge on any atom is 0.258 e. The Labute approximate surface area is 157 Å². The molecule has 0 aliphatic heterocycles. The number of amides is 1. The van der Waals surface area contributed by atoms with Gasteiger partial charge in [0.2, 0.25) is 5.95 Å². The van der Waals surface area contributed by atoms with E-state index < -0.39 is 0 Å². The molecule has 0 saturated heterocycles. The Hall–Kier alpha value is -3.92. The third-order valence-corrected chi connectivity index (χ3v) is 3.85. The van der Waals surface area contributed by atoms with Crippen molar-refractivity contribution in [3.05, 3.63) is 72.1 Å². The topological polar surface area (TPSA) is 93.9 Å². The normalized spacial score (nSPS) is 9.96. The minimum Gasteiger partial charge on any atom is -0.378 e. The number of carbonyl (C=O) groups excluding carboxylic acids is 1. The van der Waals surface area contributed by atoms with E-state index >= 15 is 0 Å². The predicted molar refractivity (Wildman–Crippen MR) is 105 cm³/mol. The molecule has 1 amide bonds. The van der Waals surface area contributed by atoms with Gasteiger partial charge in [-0.2, -0.15) is 5.26 Å². The molecule has 0 fully saturated rings. The van der Waals surface area contributed by atoms with Crippen LogP contribution in [0.5, 0.6) is 0 Å². The van der Waals surface area contributed by atoms with Crippen LogP contribution in [0.4, 0.5) is 23.0 Å². The summed E-state index contributed by atoms with van der Waals surface area (Å²) >= 11 is 0. The van der Waals surface area contributed by atoms with Gasteiger partial charge in [-0.15, -0.1) is 0 Å². The molecule has 0 spiro atoms. The maximum atomic E-state index is 12.3. The second kappa shape index (κ2) is 7.97. The lowest BCUT2D eigenvalue weighted by Gasteiger charge is -2.13. The molecular formula is C20H18N6O. The quantitative estimate of drug-likeness (QED) is 0.726. The lowest BCUT2D eigenvalue weighted by molar-refractivity contribution is 0.102. The first-order valence-corrected chi connectivity index (χ1v) is 8.24. The van der Waals surface area contributed by atoms with Gasteiger partial charge >= 0.3 is 0 Å². The molecule has 0 bridgehead atoms. The third kappa shape index (κ3) is 4.38. The number of nitriles is 1. The molecule has 0 atom stereocenters. The summed E-state index contributed by atoms with van der Waals surface area (Å²) < 4.78 is 0. The average Bonchev–Trinajstić information content (AvgIpc) is 2.69. The summed E-state index contributed by atoms with van der Waals surface area (Å²) in [5, 5.41) is 14.9. The molecule has 3 rings (SSSR count). The number of anilines is 4. The van der Waals surface area contributed by atoms with Crippen LogP contribution in [0.1, 0.15) is 15.9 Å². The van der Waals surface area contributed by atoms with Crippen LogP contribution in [0.3, 0.4) is 0 Å². The van der Waals surface area contributed by atoms with Crippen LogP contribution in [-0.2, 0) is 0 Å². The van der Waals surface area contributed by atoms with Crippen LogP contribution in [0.2, 0.25) is 0 Å². The van der Waals surface area contributed by atoms with Crippen molar-refractivity contribution in [3.8, 4) is 6.07 Å². The summed E-state index contributed by atoms with van der Waals surface area (Å²) in [7, 11) is 3.95. The first-order valence-electron chi connectivity index (χ1n) is 8.24. The van der Waals surface area contributed by atoms with Crippen molar-refractivity contribution in [3.63, 3.8) is 0 Å². The van der Waals surface area contributed by atoms with E-state index in [1.165, 1.54) is 12.4 Å². The van der Waals surface area contributed by atoms with E-state index in [2.05, 4.69) is 20.6 Å². The number of hydrogen-bond acceptors (Lipinski definition) is 6. The highest BCUT2D eigenvalue weighted by atomic mass is 16.1. The van der Waals surface area contributed by atoms with E-state index in [4.69, 9.17) is 5.26 Å². The molecule has 0 saturated carbocycles. The van der Waals surface area contributed by atoms with E-state index in [-0.39, 0.29) is 5.91 Å². The number of rotatable bonds is 5. The van der Waals surface area contributed by atoms with Gasteiger partial charge in [0.25, 0.3) is 5.91 Å². The van der Waals surface area contributed by atoms with Crippen molar-refractivity contribution >= 4 is 28.9 Å². The molecule has 1 heterocycles. The molecule has 0 radical (unpaired) electrons. The smallest absolute Gasteiger partial charge is 0.258 e. The first kappa shape index (κ1) is 17.9. The maximum absolute atomic E-state index is 12.3. The molecule has 2 N–H and O–H groups in total. The van der Waals surface area contributed by atoms with E-state index in [0.717, 1.165) is 11.4 Å². The highest BCUT2D eigenvalue weighted by Crippen LogP contribution is 2.18. The highest BCUT2D eigenvalue weighted by molar-refractivity contribution is 6.04. The number of aromatic nitrogens is 2. The number of hydrogen-bond donors (Lipinski definition) is 2. The van der Waals surface area contributed by atoms with Crippen LogP contribution in [-0.4, -0.2) is 30.0 Å². The van der Waals surface area contributed by atoms with Crippen LogP contribution < -0.4 is 15.5 Å². The van der Waals surface area contributed by atoms with Crippen molar-refractivity contribution < 1.29 is 4.79 Å². The van der Waals surface area contributed by atoms with Gasteiger partial charge in [0.15, 0.2) is 0 Å². The minimum atomic E-state index is -0.375. The third-order valence-electron chi connectivity index (χ3n) is 3.85. The van der Waals surface area contributed by atoms with Gasteiger partial charge in [-0.3, -0.25) is 4.79 Å². The largest absolute Gasteiger partial charge is 0.378 e. The fourth-order valence-corrected chi connectivity index (χ4v) is 2.37. The second-order valence-electron chi connectivity index (χ2n) is 5.97. The number of para-hydroxylation sites is 1. The summed E-state index contributed by atoms with van der Waals surface area (Å²) in [6.45, 7) is 0. The predicted octanol–water partition coefficient (Wildman–Crippen LogP) is 3.41. The summed E-state index contributed by atoms with van der Waals surface area (Å²) in [5.74, 6) is 0.0150. The molecule has 0 aliphatic carbocycles. The Kier molecular flexibility index (Phi) is 5.28. The van der Waals surface area contributed by atoms with Gasteiger partial charge in [0.05, 0.1) is 16.8 Å². The molecule has 1 aromatic heterocycles. The van der Waals surface area contributed by atoms with Gasteiger partial charge in [-0.05, 0) is 36.4 Å². The lowest BCUT2D eigenvalue weighted by Crippen LogP contribution is -2.14. The fourth-order valence-electron chi connectivity index (χ4n) is 2.37. The standard InChI is InChI=1S/C20H18N6O/c1-26(2)17-9-7-16(8-10-17)24-20-22-12-15(13-23-20)19(27)25-18-6-4-3-5-14(18)11-21/h3-10,12-13H,1-2H3,(H,25,27)(H,22,23,24). The Balaban J connectivity index is 1.67. The minimum absolute atomic E-state index is 0.302. The Morgan fingerprint density at radius 1 is 1.04 bits per heavy atom. The lowest BCUT2D eigenvalue weighted by atomic mass is 10.2. The van der Waals surface area contributed by atoms with Crippen molar-refractivity contribution in [2.24, 2.45) is 0 Å². The zero-order valence-electron chi connectivity index (χ0n) is 15.0. The van der Waals surface area contributed by atoms with Crippen LogP contribution in [0.15, 0.2) is 60.9 Å². The number of nitrogens with one attached hydrogen (secondary N) is 2. The molecule has 0 unspecified atom stereocenters. The highest BCUT2D eigenvalue weighted by Gasteiger charge is 2.10. The first-order chi connectivity index (χ1) is 13.1. The Morgan fingerprint density at radius 3 is 2.33 bits per heavy atom. The van der Waals surface area contributed by atoms with E-state index in [1.807, 2.05) is 49.3 Å². The van der Waals surface area contributed by atoms with Crippen molar-refractivity contribution in [2.75, 3.05) is 29.6 Å². The molecule has 27 heavy (non-hydrogen) atoms. The van der Waals surface area contributed by atoms with Crippen molar-refractivity contribution in [1.82, 2.24) is 9.97 Å².